The van der Waals surface area contributed by atoms with Gasteiger partial charge in [-0.3, -0.25) is 15.0 Å². The molecule has 0 atom stereocenters. The highest BCUT2D eigenvalue weighted by Gasteiger charge is 2.32. The number of amides is 1. The highest BCUT2D eigenvalue weighted by atomic mass is 16.5. The summed E-state index contributed by atoms with van der Waals surface area (Å²) in [5, 5.41) is 16.9. The molecule has 118 valence electrons. The van der Waals surface area contributed by atoms with Gasteiger partial charge in [-0.1, -0.05) is 31.8 Å². The molecule has 0 aromatic carbocycles. The molecule has 6 heteroatoms. The normalized spacial score (nSPS) is 17.6. The van der Waals surface area contributed by atoms with Crippen molar-refractivity contribution in [3.8, 4) is 0 Å². The number of hydrogen-bond acceptors (Lipinski definition) is 5. The Kier molecular flexibility index (Phi) is 5.00. The summed E-state index contributed by atoms with van der Waals surface area (Å²) in [7, 11) is 1.84. The van der Waals surface area contributed by atoms with Crippen molar-refractivity contribution in [2.75, 3.05) is 25.5 Å². The van der Waals surface area contributed by atoms with Crippen LogP contribution in [0.2, 0.25) is 0 Å². The molecule has 1 heterocycles. The fraction of sp³-hybridized carbons (Fsp3) is 0.733. The van der Waals surface area contributed by atoms with Crippen molar-refractivity contribution in [3.05, 3.63) is 11.8 Å². The number of hydrogen-bond donors (Lipinski definition) is 2. The second-order valence-corrected chi connectivity index (χ2v) is 6.42. The van der Waals surface area contributed by atoms with Gasteiger partial charge in [-0.05, 0) is 25.8 Å². The van der Waals surface area contributed by atoms with Gasteiger partial charge in [-0.2, -0.15) is 0 Å². The maximum Gasteiger partial charge on any atom is 0.240 e. The third-order valence-electron chi connectivity index (χ3n) is 3.89. The SMILES string of the molecule is CC(C)c1cc(NC(=O)CN(C)CC2(O)CCCC2)on1. The van der Waals surface area contributed by atoms with E-state index < -0.39 is 5.60 Å². The van der Waals surface area contributed by atoms with Crippen LogP contribution in [0.5, 0.6) is 0 Å². The van der Waals surface area contributed by atoms with Crippen molar-refractivity contribution in [2.45, 2.75) is 51.0 Å². The highest BCUT2D eigenvalue weighted by Crippen LogP contribution is 2.29. The maximum atomic E-state index is 12.0. The van der Waals surface area contributed by atoms with Gasteiger partial charge in [0.1, 0.15) is 0 Å². The third kappa shape index (κ3) is 4.54. The molecule has 0 radical (unpaired) electrons. The Hall–Kier alpha value is -1.40. The van der Waals surface area contributed by atoms with Gasteiger partial charge in [0.05, 0.1) is 17.8 Å². The number of likely N-dealkylation sites (N-methyl/N-ethyl adjacent to an activating group) is 1. The van der Waals surface area contributed by atoms with E-state index in [1.807, 2.05) is 25.8 Å². The molecule has 1 aliphatic rings. The molecule has 0 bridgehead atoms. The van der Waals surface area contributed by atoms with Gasteiger partial charge in [0.2, 0.25) is 11.8 Å². The number of nitrogens with zero attached hydrogens (tertiary/aromatic N) is 2. The van der Waals surface area contributed by atoms with Gasteiger partial charge >= 0.3 is 0 Å². The molecule has 1 amide bonds. The van der Waals surface area contributed by atoms with Gasteiger partial charge < -0.3 is 9.63 Å². The largest absolute Gasteiger partial charge is 0.389 e. The van der Waals surface area contributed by atoms with Crippen LogP contribution in [0, 0.1) is 0 Å². The minimum Gasteiger partial charge on any atom is -0.389 e. The Morgan fingerprint density at radius 3 is 2.76 bits per heavy atom. The van der Waals surface area contributed by atoms with Crippen LogP contribution in [-0.4, -0.2) is 46.8 Å². The van der Waals surface area contributed by atoms with Crippen LogP contribution in [0.3, 0.4) is 0 Å². The molecule has 2 rings (SSSR count). The van der Waals surface area contributed by atoms with E-state index in [0.29, 0.717) is 12.4 Å². The molecule has 0 spiro atoms. The minimum absolute atomic E-state index is 0.162. The van der Waals surface area contributed by atoms with E-state index in [2.05, 4.69) is 10.5 Å². The molecule has 0 unspecified atom stereocenters. The number of aliphatic hydroxyl groups is 1. The van der Waals surface area contributed by atoms with Crippen LogP contribution >= 0.6 is 0 Å². The number of anilines is 1. The van der Waals surface area contributed by atoms with Gasteiger partial charge in [0.15, 0.2) is 0 Å². The molecule has 1 aromatic heterocycles. The average Bonchev–Trinajstić information content (AvgIpc) is 2.98. The molecule has 6 nitrogen and oxygen atoms in total. The fourth-order valence-electron chi connectivity index (χ4n) is 2.79. The van der Waals surface area contributed by atoms with E-state index in [1.165, 1.54) is 0 Å². The summed E-state index contributed by atoms with van der Waals surface area (Å²) in [4.78, 5) is 13.8. The minimum atomic E-state index is -0.633. The number of nitrogens with one attached hydrogen (secondary N) is 1. The average molecular weight is 295 g/mol. The number of carbonyl (C=O) groups excluding carboxylic acids is 1. The Morgan fingerprint density at radius 1 is 1.52 bits per heavy atom. The Balaban J connectivity index is 1.80. The van der Waals surface area contributed by atoms with E-state index in [-0.39, 0.29) is 18.4 Å². The predicted molar refractivity (Wildman–Crippen MR) is 80.1 cm³/mol. The second kappa shape index (κ2) is 6.58. The quantitative estimate of drug-likeness (QED) is 0.839. The summed E-state index contributed by atoms with van der Waals surface area (Å²) in [6, 6.07) is 1.74. The van der Waals surface area contributed by atoms with Crippen molar-refractivity contribution in [1.82, 2.24) is 10.1 Å². The number of carbonyl (C=O) groups is 1. The van der Waals surface area contributed by atoms with Gasteiger partial charge in [0.25, 0.3) is 0 Å². The van der Waals surface area contributed by atoms with Crippen molar-refractivity contribution in [1.29, 1.82) is 0 Å². The topological polar surface area (TPSA) is 78.6 Å². The van der Waals surface area contributed by atoms with Crippen LogP contribution in [0.1, 0.15) is 51.1 Å². The molecule has 21 heavy (non-hydrogen) atoms. The molecule has 0 saturated heterocycles. The van der Waals surface area contributed by atoms with Gasteiger partial charge in [-0.15, -0.1) is 0 Å². The lowest BCUT2D eigenvalue weighted by Crippen LogP contribution is -2.42. The smallest absolute Gasteiger partial charge is 0.240 e. The van der Waals surface area contributed by atoms with Crippen LogP contribution < -0.4 is 5.32 Å². The Morgan fingerprint density at radius 2 is 2.19 bits per heavy atom. The van der Waals surface area contributed by atoms with Crippen molar-refractivity contribution >= 4 is 11.8 Å². The molecule has 1 aliphatic carbocycles. The second-order valence-electron chi connectivity index (χ2n) is 6.42. The number of rotatable bonds is 6. The standard InChI is InChI=1S/C15H25N3O3/c1-11(2)12-8-14(21-17-12)16-13(19)9-18(3)10-15(20)6-4-5-7-15/h8,11,20H,4-7,9-10H2,1-3H3,(H,16,19). The highest BCUT2D eigenvalue weighted by molar-refractivity contribution is 5.90. The zero-order valence-electron chi connectivity index (χ0n) is 13.1. The monoisotopic (exact) mass is 295 g/mol. The molecular formula is C15H25N3O3. The van der Waals surface area contributed by atoms with Crippen LogP contribution in [0.15, 0.2) is 10.6 Å². The fourth-order valence-corrected chi connectivity index (χ4v) is 2.79. The van der Waals surface area contributed by atoms with Crippen LogP contribution in [-0.2, 0) is 4.79 Å². The van der Waals surface area contributed by atoms with E-state index in [1.54, 1.807) is 6.07 Å². The van der Waals surface area contributed by atoms with Crippen LogP contribution in [0.25, 0.3) is 0 Å². The molecule has 1 aromatic rings. The third-order valence-corrected chi connectivity index (χ3v) is 3.89. The van der Waals surface area contributed by atoms with Crippen LogP contribution in [0.4, 0.5) is 5.88 Å². The lowest BCUT2D eigenvalue weighted by atomic mass is 10.0. The van der Waals surface area contributed by atoms with E-state index >= 15 is 0 Å². The first-order valence-electron chi connectivity index (χ1n) is 7.55. The summed E-state index contributed by atoms with van der Waals surface area (Å²) in [6.07, 6.45) is 3.76. The van der Waals surface area contributed by atoms with Gasteiger partial charge in [-0.25, -0.2) is 0 Å². The van der Waals surface area contributed by atoms with E-state index in [9.17, 15) is 9.90 Å². The summed E-state index contributed by atoms with van der Waals surface area (Å²) in [5.74, 6) is 0.473. The zero-order chi connectivity index (χ0) is 15.5. The first kappa shape index (κ1) is 16.0. The van der Waals surface area contributed by atoms with E-state index in [4.69, 9.17) is 4.52 Å². The zero-order valence-corrected chi connectivity index (χ0v) is 13.1. The predicted octanol–water partition coefficient (Wildman–Crippen LogP) is 1.97. The number of aromatic nitrogens is 1. The summed E-state index contributed by atoms with van der Waals surface area (Å²) in [5.41, 5.74) is 0.186. The Labute approximate surface area is 125 Å². The molecule has 1 saturated carbocycles. The lowest BCUT2D eigenvalue weighted by molar-refractivity contribution is -0.117. The molecule has 1 fully saturated rings. The first-order chi connectivity index (χ1) is 9.88. The van der Waals surface area contributed by atoms with Crippen molar-refractivity contribution < 1.29 is 14.4 Å². The van der Waals surface area contributed by atoms with Crippen molar-refractivity contribution in [2.24, 2.45) is 0 Å². The molecule has 2 N–H and O–H groups in total. The Bertz CT molecular complexity index is 478. The van der Waals surface area contributed by atoms with Gasteiger partial charge in [0, 0.05) is 12.6 Å². The first-order valence-corrected chi connectivity index (χ1v) is 7.55. The summed E-state index contributed by atoms with van der Waals surface area (Å²) in [6.45, 7) is 4.77. The molecule has 0 aliphatic heterocycles. The maximum absolute atomic E-state index is 12.0. The molecular weight excluding hydrogens is 270 g/mol. The van der Waals surface area contributed by atoms with Crippen molar-refractivity contribution in [3.63, 3.8) is 0 Å². The summed E-state index contributed by atoms with van der Waals surface area (Å²) >= 11 is 0. The summed E-state index contributed by atoms with van der Waals surface area (Å²) < 4.78 is 5.08. The van der Waals surface area contributed by atoms with E-state index in [0.717, 1.165) is 31.4 Å². The lowest BCUT2D eigenvalue weighted by Gasteiger charge is -2.27.